The largest absolute Gasteiger partial charge is 0.733 e. The zero-order valence-corrected chi connectivity index (χ0v) is 17.0. The van der Waals surface area contributed by atoms with Crippen LogP contribution in [0.25, 0.3) is 26.9 Å². The Morgan fingerprint density at radius 2 is 1.93 bits per heavy atom. The second-order valence-electron chi connectivity index (χ2n) is 6.29. The third kappa shape index (κ3) is 4.03. The highest BCUT2D eigenvalue weighted by atomic mass is 35.5. The molecular weight excluding hydrogens is 414 g/mol. The van der Waals surface area contributed by atoms with Gasteiger partial charge in [0.1, 0.15) is 10.8 Å². The summed E-state index contributed by atoms with van der Waals surface area (Å²) in [6.45, 7) is 2.81. The number of ether oxygens (including phenoxy) is 1. The summed E-state index contributed by atoms with van der Waals surface area (Å²) in [6, 6.07) is 12.4. The molecule has 0 amide bonds. The molecule has 0 fully saturated rings. The van der Waals surface area contributed by atoms with Gasteiger partial charge in [0.25, 0.3) is 0 Å². The molecule has 0 bridgehead atoms. The molecule has 8 nitrogen and oxygen atoms in total. The van der Waals surface area contributed by atoms with Gasteiger partial charge in [0, 0.05) is 11.1 Å². The minimum atomic E-state index is -0.262. The number of nitrogens with zero attached hydrogens (tertiary/aromatic N) is 5. The fraction of sp³-hybridized carbons (Fsp3) is 0.211. The maximum absolute atomic E-state index is 11.3. The van der Waals surface area contributed by atoms with Crippen molar-refractivity contribution in [2.45, 2.75) is 19.8 Å². The average Bonchev–Trinajstić information content (AvgIpc) is 3.30. The number of unbranched alkanes of at least 4 members (excludes halogenated alkanes) is 1. The van der Waals surface area contributed by atoms with E-state index in [1.165, 1.54) is 23.5 Å². The van der Waals surface area contributed by atoms with E-state index in [1.807, 2.05) is 24.3 Å². The van der Waals surface area contributed by atoms with Gasteiger partial charge in [-0.1, -0.05) is 42.3 Å². The number of halogens is 1. The zero-order valence-electron chi connectivity index (χ0n) is 15.4. The fourth-order valence-corrected chi connectivity index (χ4v) is 3.77. The monoisotopic (exact) mass is 430 g/mol. The van der Waals surface area contributed by atoms with Gasteiger partial charge in [0.2, 0.25) is 4.96 Å². The molecule has 0 aliphatic heterocycles. The SMILES string of the molecule is CCCCOc1ccc(-c2nnc3sc(-c4ccc(Cl)c(N([O-])O)c4)nn23)cc1. The number of benzene rings is 2. The van der Waals surface area contributed by atoms with E-state index in [4.69, 9.17) is 16.3 Å². The maximum atomic E-state index is 11.3. The molecule has 150 valence electrons. The summed E-state index contributed by atoms with van der Waals surface area (Å²) in [5.74, 6) is 1.41. The normalized spacial score (nSPS) is 11.2. The minimum absolute atomic E-state index is 0.0472. The molecule has 0 unspecified atom stereocenters. The standard InChI is InChI=1S/C19H17ClN5O3S/c1-2-3-10-28-14-7-4-12(5-8-14)17-21-22-19-24(17)23-18(29-19)13-6-9-15(20)16(11-13)25(26)27/h4-9,11,26H,2-3,10H2,1H3/q-1. The first-order chi connectivity index (χ1) is 14.1. The van der Waals surface area contributed by atoms with Crippen LogP contribution >= 0.6 is 22.9 Å². The van der Waals surface area contributed by atoms with E-state index in [0.717, 1.165) is 24.2 Å². The Labute approximate surface area is 175 Å². The smallest absolute Gasteiger partial charge is 0.235 e. The summed E-state index contributed by atoms with van der Waals surface area (Å²) in [5, 5.41) is 33.9. The second-order valence-corrected chi connectivity index (χ2v) is 7.65. The highest BCUT2D eigenvalue weighted by Gasteiger charge is 2.15. The van der Waals surface area contributed by atoms with E-state index >= 15 is 0 Å². The zero-order chi connectivity index (χ0) is 20.4. The highest BCUT2D eigenvalue weighted by Crippen LogP contribution is 2.33. The Morgan fingerprint density at radius 1 is 1.17 bits per heavy atom. The lowest BCUT2D eigenvalue weighted by atomic mass is 10.2. The van der Waals surface area contributed by atoms with Crippen molar-refractivity contribution < 1.29 is 9.94 Å². The molecule has 0 radical (unpaired) electrons. The van der Waals surface area contributed by atoms with Crippen LogP contribution in [0, 0.1) is 5.21 Å². The number of fused-ring (bicyclic) bond motifs is 1. The van der Waals surface area contributed by atoms with Gasteiger partial charge in [0.05, 0.1) is 17.3 Å². The topological polar surface area (TPSA) is 98.8 Å². The molecular formula is C19H17ClN5O3S-. The quantitative estimate of drug-likeness (QED) is 0.323. The molecule has 4 rings (SSSR count). The van der Waals surface area contributed by atoms with Crippen LogP contribution in [0.5, 0.6) is 5.75 Å². The Kier molecular flexibility index (Phi) is 5.63. The third-order valence-electron chi connectivity index (χ3n) is 4.27. The number of hydrogen-bond acceptors (Lipinski definition) is 8. The van der Waals surface area contributed by atoms with Gasteiger partial charge >= 0.3 is 0 Å². The lowest BCUT2D eigenvalue weighted by molar-refractivity contribution is 0.296. The van der Waals surface area contributed by atoms with Crippen molar-refractivity contribution in [2.24, 2.45) is 0 Å². The Balaban J connectivity index is 1.64. The lowest BCUT2D eigenvalue weighted by Gasteiger charge is -2.23. The van der Waals surface area contributed by atoms with Crippen LogP contribution in [0.4, 0.5) is 5.69 Å². The predicted octanol–water partition coefficient (Wildman–Crippen LogP) is 5.05. The molecule has 29 heavy (non-hydrogen) atoms. The van der Waals surface area contributed by atoms with Gasteiger partial charge < -0.3 is 15.2 Å². The molecule has 2 heterocycles. The molecule has 0 atom stereocenters. The first-order valence-electron chi connectivity index (χ1n) is 8.98. The second kappa shape index (κ2) is 8.34. The first kappa shape index (κ1) is 19.6. The van der Waals surface area contributed by atoms with E-state index in [1.54, 1.807) is 10.6 Å². The third-order valence-corrected chi connectivity index (χ3v) is 5.54. The van der Waals surface area contributed by atoms with E-state index in [9.17, 15) is 10.4 Å². The van der Waals surface area contributed by atoms with Crippen molar-refractivity contribution in [2.75, 3.05) is 11.8 Å². The van der Waals surface area contributed by atoms with Gasteiger partial charge in [-0.2, -0.15) is 9.61 Å². The minimum Gasteiger partial charge on any atom is -0.733 e. The van der Waals surface area contributed by atoms with E-state index in [2.05, 4.69) is 22.2 Å². The first-order valence-corrected chi connectivity index (χ1v) is 10.2. The number of aromatic nitrogens is 4. The molecule has 0 saturated heterocycles. The summed E-state index contributed by atoms with van der Waals surface area (Å²) in [7, 11) is 0. The summed E-state index contributed by atoms with van der Waals surface area (Å²) in [4.78, 5) is 0.609. The van der Waals surface area contributed by atoms with Crippen molar-refractivity contribution in [1.29, 1.82) is 0 Å². The molecule has 0 saturated carbocycles. The van der Waals surface area contributed by atoms with Crippen LogP contribution < -0.4 is 9.96 Å². The Hall–Kier alpha value is -2.72. The molecule has 0 aliphatic rings. The lowest BCUT2D eigenvalue weighted by Crippen LogP contribution is -2.07. The van der Waals surface area contributed by atoms with Gasteiger partial charge in [0.15, 0.2) is 5.82 Å². The van der Waals surface area contributed by atoms with Crippen LogP contribution in [0.1, 0.15) is 19.8 Å². The van der Waals surface area contributed by atoms with Crippen LogP contribution in [-0.2, 0) is 0 Å². The molecule has 0 aliphatic carbocycles. The average molecular weight is 431 g/mol. The Morgan fingerprint density at radius 3 is 2.66 bits per heavy atom. The van der Waals surface area contributed by atoms with Crippen molar-refractivity contribution >= 4 is 33.6 Å². The van der Waals surface area contributed by atoms with Gasteiger partial charge in [-0.15, -0.1) is 10.2 Å². The fourth-order valence-electron chi connectivity index (χ4n) is 2.74. The Bertz CT molecular complexity index is 1130. The summed E-state index contributed by atoms with van der Waals surface area (Å²) >= 11 is 7.25. The summed E-state index contributed by atoms with van der Waals surface area (Å²) in [6.07, 6.45) is 2.10. The predicted molar refractivity (Wildman–Crippen MR) is 113 cm³/mol. The molecule has 1 N–H and O–H groups in total. The van der Waals surface area contributed by atoms with Crippen LogP contribution in [0.15, 0.2) is 42.5 Å². The van der Waals surface area contributed by atoms with Gasteiger partial charge in [-0.05, 0) is 42.8 Å². The van der Waals surface area contributed by atoms with Crippen LogP contribution in [-0.4, -0.2) is 31.6 Å². The summed E-state index contributed by atoms with van der Waals surface area (Å²) < 4.78 is 7.34. The van der Waals surface area contributed by atoms with Crippen molar-refractivity contribution in [3.8, 4) is 27.7 Å². The van der Waals surface area contributed by atoms with Crippen molar-refractivity contribution in [3.05, 3.63) is 52.7 Å². The van der Waals surface area contributed by atoms with Crippen LogP contribution in [0.2, 0.25) is 5.02 Å². The summed E-state index contributed by atoms with van der Waals surface area (Å²) in [5.41, 5.74) is 1.45. The number of hydrogen-bond donors (Lipinski definition) is 1. The highest BCUT2D eigenvalue weighted by molar-refractivity contribution is 7.19. The van der Waals surface area contributed by atoms with Crippen LogP contribution in [0.3, 0.4) is 0 Å². The molecule has 0 spiro atoms. The molecule has 2 aromatic carbocycles. The van der Waals surface area contributed by atoms with Gasteiger partial charge in [-0.3, -0.25) is 5.21 Å². The van der Waals surface area contributed by atoms with Crippen molar-refractivity contribution in [3.63, 3.8) is 0 Å². The molecule has 10 heteroatoms. The van der Waals surface area contributed by atoms with Crippen molar-refractivity contribution in [1.82, 2.24) is 19.8 Å². The number of anilines is 1. The van der Waals surface area contributed by atoms with Gasteiger partial charge in [-0.25, -0.2) is 0 Å². The molecule has 2 aromatic heterocycles. The van der Waals surface area contributed by atoms with E-state index < -0.39 is 0 Å². The van der Waals surface area contributed by atoms with E-state index in [0.29, 0.717) is 28.0 Å². The van der Waals surface area contributed by atoms with E-state index in [-0.39, 0.29) is 15.9 Å². The number of rotatable bonds is 7. The molecule has 4 aromatic rings. The maximum Gasteiger partial charge on any atom is 0.235 e.